The first kappa shape index (κ1) is 11.4. The molecule has 2 nitrogen and oxygen atoms in total. The van der Waals surface area contributed by atoms with Gasteiger partial charge in [-0.15, -0.1) is 0 Å². The number of carboxylic acids is 1. The molecule has 0 saturated heterocycles. The van der Waals surface area contributed by atoms with E-state index in [9.17, 15) is 9.18 Å². The molecule has 1 rings (SSSR count). The Bertz CT molecular complexity index is 383. The Kier molecular flexibility index (Phi) is 4.03. The summed E-state index contributed by atoms with van der Waals surface area (Å²) in [6, 6.07) is 4.54. The topological polar surface area (TPSA) is 37.3 Å². The van der Waals surface area contributed by atoms with Gasteiger partial charge in [-0.2, -0.15) is 0 Å². The Labute approximate surface area is 88.1 Å². The smallest absolute Gasteiger partial charge is 0.303 e. The van der Waals surface area contributed by atoms with Crippen LogP contribution in [0, 0.1) is 12.7 Å². The molecular formula is C12H13FO2. The Morgan fingerprint density at radius 2 is 2.27 bits per heavy atom. The lowest BCUT2D eigenvalue weighted by Gasteiger charge is -1.99. The maximum absolute atomic E-state index is 12.9. The van der Waals surface area contributed by atoms with Crippen LogP contribution in [0.1, 0.15) is 24.0 Å². The van der Waals surface area contributed by atoms with Gasteiger partial charge in [0.1, 0.15) is 5.82 Å². The normalized spacial score (nSPS) is 10.8. The van der Waals surface area contributed by atoms with Crippen LogP contribution in [0.15, 0.2) is 24.3 Å². The van der Waals surface area contributed by atoms with Crippen LogP contribution < -0.4 is 0 Å². The number of hydrogen-bond acceptors (Lipinski definition) is 1. The predicted molar refractivity (Wildman–Crippen MR) is 57.0 cm³/mol. The highest BCUT2D eigenvalue weighted by molar-refractivity contribution is 5.67. The summed E-state index contributed by atoms with van der Waals surface area (Å²) in [6.45, 7) is 1.89. The average Bonchev–Trinajstić information content (AvgIpc) is 2.17. The third-order valence-electron chi connectivity index (χ3n) is 2.06. The number of aliphatic carboxylic acids is 1. The van der Waals surface area contributed by atoms with Crippen LogP contribution >= 0.6 is 0 Å². The fraction of sp³-hybridized carbons (Fsp3) is 0.250. The predicted octanol–water partition coefficient (Wildman–Crippen LogP) is 3.01. The molecule has 0 aromatic heterocycles. The molecule has 1 aromatic rings. The molecule has 0 saturated carbocycles. The highest BCUT2D eigenvalue weighted by Gasteiger charge is 1.97. The molecule has 1 N–H and O–H groups in total. The van der Waals surface area contributed by atoms with Crippen molar-refractivity contribution in [1.29, 1.82) is 0 Å². The van der Waals surface area contributed by atoms with E-state index >= 15 is 0 Å². The largest absolute Gasteiger partial charge is 0.481 e. The van der Waals surface area contributed by atoms with Crippen molar-refractivity contribution in [2.24, 2.45) is 0 Å². The number of hydrogen-bond donors (Lipinski definition) is 1. The summed E-state index contributed by atoms with van der Waals surface area (Å²) in [6.07, 6.45) is 4.06. The molecule has 0 bridgehead atoms. The van der Waals surface area contributed by atoms with Crippen LogP contribution in [-0.4, -0.2) is 11.1 Å². The average molecular weight is 208 g/mol. The van der Waals surface area contributed by atoms with Crippen LogP contribution in [0.5, 0.6) is 0 Å². The van der Waals surface area contributed by atoms with Gasteiger partial charge >= 0.3 is 5.97 Å². The van der Waals surface area contributed by atoms with Crippen molar-refractivity contribution in [1.82, 2.24) is 0 Å². The van der Waals surface area contributed by atoms with E-state index in [0.29, 0.717) is 6.42 Å². The Morgan fingerprint density at radius 3 is 2.93 bits per heavy atom. The minimum atomic E-state index is -0.824. The van der Waals surface area contributed by atoms with E-state index in [1.54, 1.807) is 18.2 Å². The molecule has 0 aliphatic carbocycles. The number of halogens is 1. The summed E-state index contributed by atoms with van der Waals surface area (Å²) in [4.78, 5) is 10.2. The molecule has 0 heterocycles. The van der Waals surface area contributed by atoms with E-state index < -0.39 is 5.97 Å². The van der Waals surface area contributed by atoms with Crippen LogP contribution in [0.3, 0.4) is 0 Å². The van der Waals surface area contributed by atoms with Crippen molar-refractivity contribution in [3.8, 4) is 0 Å². The van der Waals surface area contributed by atoms with Gasteiger partial charge in [0, 0.05) is 6.42 Å². The molecule has 0 atom stereocenters. The molecule has 1 aromatic carbocycles. The van der Waals surface area contributed by atoms with Crippen molar-refractivity contribution in [2.75, 3.05) is 0 Å². The zero-order valence-electron chi connectivity index (χ0n) is 8.53. The SMILES string of the molecule is Cc1ccc(F)cc1C=CCCC(=O)O. The van der Waals surface area contributed by atoms with Gasteiger partial charge in [0.05, 0.1) is 0 Å². The van der Waals surface area contributed by atoms with Gasteiger partial charge in [-0.3, -0.25) is 4.79 Å². The van der Waals surface area contributed by atoms with Crippen LogP contribution in [0.2, 0.25) is 0 Å². The van der Waals surface area contributed by atoms with Gasteiger partial charge in [0.15, 0.2) is 0 Å². The Hall–Kier alpha value is -1.64. The quantitative estimate of drug-likeness (QED) is 0.825. The van der Waals surface area contributed by atoms with E-state index in [2.05, 4.69) is 0 Å². The van der Waals surface area contributed by atoms with Crippen LogP contribution in [0.4, 0.5) is 4.39 Å². The van der Waals surface area contributed by atoms with Gasteiger partial charge < -0.3 is 5.11 Å². The highest BCUT2D eigenvalue weighted by atomic mass is 19.1. The minimum Gasteiger partial charge on any atom is -0.481 e. The van der Waals surface area contributed by atoms with Gasteiger partial charge in [0.25, 0.3) is 0 Å². The fourth-order valence-corrected chi connectivity index (χ4v) is 1.21. The molecular weight excluding hydrogens is 195 g/mol. The summed E-state index contributed by atoms with van der Waals surface area (Å²) in [5.41, 5.74) is 1.77. The molecule has 0 amide bonds. The molecule has 80 valence electrons. The second-order valence-corrected chi connectivity index (χ2v) is 3.34. The first-order valence-electron chi connectivity index (χ1n) is 4.74. The molecule has 0 aliphatic heterocycles. The molecule has 0 radical (unpaired) electrons. The summed E-state index contributed by atoms with van der Waals surface area (Å²) in [5.74, 6) is -1.10. The number of carboxylic acid groups (broad SMARTS) is 1. The van der Waals surface area contributed by atoms with E-state index in [0.717, 1.165) is 11.1 Å². The van der Waals surface area contributed by atoms with Crippen molar-refractivity contribution >= 4 is 12.0 Å². The van der Waals surface area contributed by atoms with Crippen LogP contribution in [0.25, 0.3) is 6.08 Å². The lowest BCUT2D eigenvalue weighted by atomic mass is 10.1. The first-order chi connectivity index (χ1) is 7.09. The van der Waals surface area contributed by atoms with E-state index in [1.807, 2.05) is 6.92 Å². The molecule has 0 unspecified atom stereocenters. The maximum atomic E-state index is 12.9. The number of allylic oxidation sites excluding steroid dienone is 1. The lowest BCUT2D eigenvalue weighted by Crippen LogP contribution is -1.91. The van der Waals surface area contributed by atoms with Crippen molar-refractivity contribution < 1.29 is 14.3 Å². The summed E-state index contributed by atoms with van der Waals surface area (Å²) < 4.78 is 12.9. The van der Waals surface area contributed by atoms with E-state index in [1.165, 1.54) is 12.1 Å². The summed E-state index contributed by atoms with van der Waals surface area (Å²) >= 11 is 0. The van der Waals surface area contributed by atoms with Gasteiger partial charge in [-0.1, -0.05) is 18.2 Å². The number of rotatable bonds is 4. The molecule has 0 spiro atoms. The first-order valence-corrected chi connectivity index (χ1v) is 4.74. The zero-order chi connectivity index (χ0) is 11.3. The monoisotopic (exact) mass is 208 g/mol. The van der Waals surface area contributed by atoms with E-state index in [-0.39, 0.29) is 12.2 Å². The minimum absolute atomic E-state index is 0.102. The summed E-state index contributed by atoms with van der Waals surface area (Å²) in [7, 11) is 0. The van der Waals surface area contributed by atoms with E-state index in [4.69, 9.17) is 5.11 Å². The lowest BCUT2D eigenvalue weighted by molar-refractivity contribution is -0.136. The molecule has 0 fully saturated rings. The zero-order valence-corrected chi connectivity index (χ0v) is 8.53. The number of aryl methyl sites for hydroxylation is 1. The standard InChI is InChI=1S/C12H13FO2/c1-9-6-7-11(13)8-10(9)4-2-3-5-12(14)15/h2,4,6-8H,3,5H2,1H3,(H,14,15). The van der Waals surface area contributed by atoms with Crippen molar-refractivity contribution in [3.05, 3.63) is 41.2 Å². The Balaban J connectivity index is 2.63. The van der Waals surface area contributed by atoms with Crippen molar-refractivity contribution in [2.45, 2.75) is 19.8 Å². The summed E-state index contributed by atoms with van der Waals surface area (Å²) in [5, 5.41) is 8.42. The van der Waals surface area contributed by atoms with Crippen LogP contribution in [-0.2, 0) is 4.79 Å². The Morgan fingerprint density at radius 1 is 1.53 bits per heavy atom. The number of benzene rings is 1. The third kappa shape index (κ3) is 3.94. The molecule has 15 heavy (non-hydrogen) atoms. The second kappa shape index (κ2) is 5.29. The molecule has 0 aliphatic rings. The van der Waals surface area contributed by atoms with Gasteiger partial charge in [-0.25, -0.2) is 4.39 Å². The molecule has 3 heteroatoms. The van der Waals surface area contributed by atoms with Gasteiger partial charge in [0.2, 0.25) is 0 Å². The van der Waals surface area contributed by atoms with Gasteiger partial charge in [-0.05, 0) is 36.6 Å². The number of carbonyl (C=O) groups is 1. The highest BCUT2D eigenvalue weighted by Crippen LogP contribution is 2.12. The van der Waals surface area contributed by atoms with Crippen molar-refractivity contribution in [3.63, 3.8) is 0 Å². The second-order valence-electron chi connectivity index (χ2n) is 3.34. The maximum Gasteiger partial charge on any atom is 0.303 e. The third-order valence-corrected chi connectivity index (χ3v) is 2.06. The fourth-order valence-electron chi connectivity index (χ4n) is 1.21.